The molecule has 0 radical (unpaired) electrons. The zero-order chi connectivity index (χ0) is 56.2. The molecule has 3 saturated heterocycles. The Hall–Kier alpha value is -2.51. The van der Waals surface area contributed by atoms with Crippen molar-refractivity contribution in [3.8, 4) is 0 Å². The molecule has 3 aliphatic rings. The monoisotopic (exact) mass is 1100 g/mol. The van der Waals surface area contributed by atoms with Crippen LogP contribution in [-0.4, -0.2) is 193 Å². The largest absolute Gasteiger partial charge is 0.394 e. The lowest BCUT2D eigenvalue weighted by Gasteiger charge is -2.48. The van der Waals surface area contributed by atoms with Crippen LogP contribution in [0.2, 0.25) is 0 Å². The van der Waals surface area contributed by atoms with Gasteiger partial charge in [0, 0.05) is 6.42 Å². The predicted molar refractivity (Wildman–Crippen MR) is 291 cm³/mol. The molecule has 1 amide bonds. The molecule has 0 aromatic carbocycles. The van der Waals surface area contributed by atoms with E-state index in [1.165, 1.54) is 57.8 Å². The molecule has 3 fully saturated rings. The molecule has 3 rings (SSSR count). The molecule has 3 aliphatic heterocycles. The first-order chi connectivity index (χ1) is 37.3. The van der Waals surface area contributed by atoms with E-state index >= 15 is 0 Å². The predicted octanol–water partition coefficient (Wildman–Crippen LogP) is 4.48. The van der Waals surface area contributed by atoms with Gasteiger partial charge >= 0.3 is 0 Å². The fraction of sp³-hybridized carbons (Fsp3) is 0.810. The number of ether oxygens (including phenoxy) is 6. The van der Waals surface area contributed by atoms with Gasteiger partial charge < -0.3 is 89.9 Å². The third-order valence-corrected chi connectivity index (χ3v) is 14.4. The van der Waals surface area contributed by atoms with Crippen LogP contribution in [0.3, 0.4) is 0 Å². The maximum absolute atomic E-state index is 13.3. The maximum Gasteiger partial charge on any atom is 0.220 e. The quantitative estimate of drug-likeness (QED) is 0.0297. The summed E-state index contributed by atoms with van der Waals surface area (Å²) >= 11 is 0. The van der Waals surface area contributed by atoms with Crippen LogP contribution < -0.4 is 5.32 Å². The fourth-order valence-corrected chi connectivity index (χ4v) is 9.57. The van der Waals surface area contributed by atoms with Gasteiger partial charge in [0.25, 0.3) is 0 Å². The molecular formula is C58H101NO18. The summed E-state index contributed by atoms with van der Waals surface area (Å²) in [6, 6.07) is -0.906. The van der Waals surface area contributed by atoms with E-state index in [4.69, 9.17) is 28.4 Å². The van der Waals surface area contributed by atoms with Crippen LogP contribution in [0.4, 0.5) is 0 Å². The molecule has 0 aromatic heterocycles. The molecule has 0 saturated carbocycles. The molecule has 17 atom stereocenters. The van der Waals surface area contributed by atoms with Crippen LogP contribution in [0.25, 0.3) is 0 Å². The van der Waals surface area contributed by atoms with E-state index in [1.54, 1.807) is 0 Å². The third-order valence-electron chi connectivity index (χ3n) is 14.4. The van der Waals surface area contributed by atoms with Gasteiger partial charge in [-0.2, -0.15) is 0 Å². The van der Waals surface area contributed by atoms with Crippen LogP contribution in [0.1, 0.15) is 168 Å². The second kappa shape index (κ2) is 41.5. The van der Waals surface area contributed by atoms with Gasteiger partial charge in [0.1, 0.15) is 73.2 Å². The highest BCUT2D eigenvalue weighted by Gasteiger charge is 2.53. The van der Waals surface area contributed by atoms with Gasteiger partial charge in [-0.05, 0) is 57.8 Å². The van der Waals surface area contributed by atoms with Crippen molar-refractivity contribution in [3.63, 3.8) is 0 Å². The van der Waals surface area contributed by atoms with Crippen molar-refractivity contribution in [2.75, 3.05) is 26.4 Å². The van der Waals surface area contributed by atoms with Crippen molar-refractivity contribution in [2.45, 2.75) is 272 Å². The zero-order valence-corrected chi connectivity index (χ0v) is 46.2. The minimum Gasteiger partial charge on any atom is -0.394 e. The molecule has 19 heteroatoms. The van der Waals surface area contributed by atoms with Gasteiger partial charge in [0.15, 0.2) is 18.9 Å². The van der Waals surface area contributed by atoms with Gasteiger partial charge in [-0.1, -0.05) is 164 Å². The Morgan fingerprint density at radius 3 is 1.39 bits per heavy atom. The number of aliphatic hydroxyl groups is 11. The summed E-state index contributed by atoms with van der Waals surface area (Å²) in [4.78, 5) is 13.3. The van der Waals surface area contributed by atoms with E-state index in [0.29, 0.717) is 12.8 Å². The summed E-state index contributed by atoms with van der Waals surface area (Å²) in [6.45, 7) is 1.62. The van der Waals surface area contributed by atoms with Gasteiger partial charge in [-0.3, -0.25) is 4.79 Å². The van der Waals surface area contributed by atoms with Crippen molar-refractivity contribution < 1.29 is 89.4 Å². The number of allylic oxidation sites excluding steroid dienone is 10. The second-order valence-corrected chi connectivity index (χ2v) is 20.7. The topological polar surface area (TPSA) is 307 Å². The molecule has 17 unspecified atom stereocenters. The van der Waals surface area contributed by atoms with Crippen molar-refractivity contribution in [2.24, 2.45) is 0 Å². The number of hydrogen-bond acceptors (Lipinski definition) is 18. The van der Waals surface area contributed by atoms with Crippen LogP contribution >= 0.6 is 0 Å². The first-order valence-corrected chi connectivity index (χ1v) is 29.0. The summed E-state index contributed by atoms with van der Waals surface area (Å²) in [7, 11) is 0. The highest BCUT2D eigenvalue weighted by atomic mass is 16.8. The first kappa shape index (κ1) is 68.8. The lowest BCUT2D eigenvalue weighted by molar-refractivity contribution is -0.379. The molecular weight excluding hydrogens is 999 g/mol. The molecule has 0 spiro atoms. The van der Waals surface area contributed by atoms with E-state index in [2.05, 4.69) is 79.9 Å². The number of nitrogens with one attached hydrogen (secondary N) is 1. The van der Waals surface area contributed by atoms with Crippen molar-refractivity contribution in [1.82, 2.24) is 5.32 Å². The highest BCUT2D eigenvalue weighted by molar-refractivity contribution is 5.76. The summed E-state index contributed by atoms with van der Waals surface area (Å²) < 4.78 is 34.2. The standard InChI is InChI=1S/C58H101NO18/c1-3-5-7-9-11-13-15-17-18-19-20-21-22-24-26-28-30-32-34-36-46(64)59-41(42(63)35-33-31-29-27-25-23-16-14-12-10-8-6-4-2)40-72-56-52(70)49(67)54(44(38-61)74-56)77-58-53(71)50(68)55(45(39-62)75-58)76-57-51(69)48(66)47(65)43(37-60)73-57/h5,7,11,13,17-18,20-21,24,26,41-45,47-58,60-63,65-71H,3-4,6,8-10,12,14-16,19,22-23,25,27-40H2,1-2H3,(H,59,64)/b7-5-,13-11-,18-17-,21-20-,26-24-. The Balaban J connectivity index is 1.52. The minimum absolute atomic E-state index is 0.224. The van der Waals surface area contributed by atoms with Crippen LogP contribution in [0.5, 0.6) is 0 Å². The van der Waals surface area contributed by atoms with Gasteiger partial charge in [-0.15, -0.1) is 0 Å². The van der Waals surface area contributed by atoms with Gasteiger partial charge in [0.2, 0.25) is 5.91 Å². The van der Waals surface area contributed by atoms with E-state index in [9.17, 15) is 61.0 Å². The lowest BCUT2D eigenvalue weighted by atomic mass is 9.96. The summed E-state index contributed by atoms with van der Waals surface area (Å²) in [6.07, 6.45) is 18.8. The summed E-state index contributed by atoms with van der Waals surface area (Å²) in [5, 5.41) is 120. The number of amides is 1. The van der Waals surface area contributed by atoms with E-state index < -0.39 is 124 Å². The number of hydrogen-bond donors (Lipinski definition) is 12. The Morgan fingerprint density at radius 1 is 0.481 bits per heavy atom. The van der Waals surface area contributed by atoms with Gasteiger partial charge in [-0.25, -0.2) is 0 Å². The SMILES string of the molecule is CC/C=C\C/C=C\C/C=C\C/C=C\C/C=C\CCCCCC(=O)NC(COC1OC(CO)C(OC2OC(CO)C(OC3OC(CO)C(O)C(O)C3O)C(O)C2O)C(O)C1O)C(O)CCCCCCCCCCCCCCC. The highest BCUT2D eigenvalue weighted by Crippen LogP contribution is 2.33. The molecule has 12 N–H and O–H groups in total. The first-order valence-electron chi connectivity index (χ1n) is 29.0. The Morgan fingerprint density at radius 2 is 0.896 bits per heavy atom. The van der Waals surface area contributed by atoms with E-state index in [-0.39, 0.29) is 18.9 Å². The molecule has 19 nitrogen and oxygen atoms in total. The molecule has 0 bridgehead atoms. The van der Waals surface area contributed by atoms with E-state index in [0.717, 1.165) is 77.0 Å². The molecule has 3 heterocycles. The average molecular weight is 1100 g/mol. The zero-order valence-electron chi connectivity index (χ0n) is 46.2. The molecule has 0 aromatic rings. The summed E-state index contributed by atoms with van der Waals surface area (Å²) in [5.41, 5.74) is 0. The third kappa shape index (κ3) is 25.9. The molecule has 0 aliphatic carbocycles. The number of carbonyl (C=O) groups is 1. The number of rotatable bonds is 41. The van der Waals surface area contributed by atoms with Crippen molar-refractivity contribution in [3.05, 3.63) is 60.8 Å². The second-order valence-electron chi connectivity index (χ2n) is 20.7. The van der Waals surface area contributed by atoms with Gasteiger partial charge in [0.05, 0.1) is 38.6 Å². The fourth-order valence-electron chi connectivity index (χ4n) is 9.57. The Kier molecular flexibility index (Phi) is 37.0. The van der Waals surface area contributed by atoms with Crippen LogP contribution in [-0.2, 0) is 33.2 Å². The molecule has 77 heavy (non-hydrogen) atoms. The van der Waals surface area contributed by atoms with E-state index in [1.807, 2.05) is 0 Å². The Bertz CT molecular complexity index is 1650. The van der Waals surface area contributed by atoms with Crippen LogP contribution in [0.15, 0.2) is 60.8 Å². The normalized spacial score (nSPS) is 31.2. The molecule has 446 valence electrons. The number of carbonyl (C=O) groups excluding carboxylic acids is 1. The number of unbranched alkanes of at least 4 members (excludes halogenated alkanes) is 15. The number of aliphatic hydroxyl groups excluding tert-OH is 11. The Labute approximate surface area is 458 Å². The lowest BCUT2D eigenvalue weighted by Crippen LogP contribution is -2.66. The average Bonchev–Trinajstić information content (AvgIpc) is 3.42. The van der Waals surface area contributed by atoms with Crippen molar-refractivity contribution in [1.29, 1.82) is 0 Å². The van der Waals surface area contributed by atoms with Crippen LogP contribution in [0, 0.1) is 0 Å². The summed E-state index contributed by atoms with van der Waals surface area (Å²) in [5.74, 6) is -0.278. The minimum atomic E-state index is -1.98. The smallest absolute Gasteiger partial charge is 0.220 e. The van der Waals surface area contributed by atoms with Crippen molar-refractivity contribution >= 4 is 5.91 Å². The maximum atomic E-state index is 13.3.